The summed E-state index contributed by atoms with van der Waals surface area (Å²) in [6, 6.07) is 21.6. The second kappa shape index (κ2) is 9.40. The average Bonchev–Trinajstić information content (AvgIpc) is 2.73. The van der Waals surface area contributed by atoms with Gasteiger partial charge in [-0.3, -0.25) is 9.59 Å². The highest BCUT2D eigenvalue weighted by Crippen LogP contribution is 2.18. The first-order valence-corrected chi connectivity index (χ1v) is 10.2. The van der Waals surface area contributed by atoms with Crippen LogP contribution in [0.3, 0.4) is 0 Å². The Kier molecular flexibility index (Phi) is 6.69. The van der Waals surface area contributed by atoms with Gasteiger partial charge in [0.25, 0.3) is 5.91 Å². The first kappa shape index (κ1) is 19.9. The van der Waals surface area contributed by atoms with Gasteiger partial charge in [0.05, 0.1) is 10.6 Å². The lowest BCUT2D eigenvalue weighted by Gasteiger charge is -2.07. The summed E-state index contributed by atoms with van der Waals surface area (Å²) in [7, 11) is 0. The molecule has 1 N–H and O–H groups in total. The Bertz CT molecular complexity index is 1010. The van der Waals surface area contributed by atoms with Gasteiger partial charge in [0, 0.05) is 16.1 Å². The minimum absolute atomic E-state index is 0.0991. The van der Waals surface area contributed by atoms with Crippen LogP contribution in [0.1, 0.15) is 26.3 Å². The zero-order valence-corrected chi connectivity index (χ0v) is 16.8. The second-order valence-corrected chi connectivity index (χ2v) is 7.27. The first-order valence-electron chi connectivity index (χ1n) is 8.59. The predicted molar refractivity (Wildman–Crippen MR) is 117 cm³/mol. The van der Waals surface area contributed by atoms with E-state index in [9.17, 15) is 9.59 Å². The monoisotopic (exact) mass is 407 g/mol. The van der Waals surface area contributed by atoms with Crippen LogP contribution in [-0.2, 0) is 0 Å². The van der Waals surface area contributed by atoms with E-state index in [-0.39, 0.29) is 11.7 Å². The van der Waals surface area contributed by atoms with Gasteiger partial charge in [0.2, 0.25) is 0 Å². The molecule has 0 radical (unpaired) electrons. The normalized spacial score (nSPS) is 10.8. The van der Waals surface area contributed by atoms with E-state index in [1.807, 2.05) is 30.5 Å². The fourth-order valence-electron chi connectivity index (χ4n) is 2.54. The molecule has 0 aliphatic rings. The molecule has 0 fully saturated rings. The van der Waals surface area contributed by atoms with E-state index >= 15 is 0 Å². The summed E-state index contributed by atoms with van der Waals surface area (Å²) in [5, 5.41) is 3.17. The van der Waals surface area contributed by atoms with Crippen molar-refractivity contribution in [1.29, 1.82) is 0 Å². The topological polar surface area (TPSA) is 46.2 Å². The molecule has 1 amide bonds. The van der Waals surface area contributed by atoms with Gasteiger partial charge >= 0.3 is 0 Å². The molecule has 3 nitrogen and oxygen atoms in total. The van der Waals surface area contributed by atoms with Crippen molar-refractivity contribution in [2.75, 3.05) is 11.6 Å². The molecule has 0 aromatic heterocycles. The zero-order chi connectivity index (χ0) is 19.9. The molecule has 5 heteroatoms. The molecule has 0 spiro atoms. The largest absolute Gasteiger partial charge is 0.322 e. The van der Waals surface area contributed by atoms with Gasteiger partial charge in [0.15, 0.2) is 5.78 Å². The average molecular weight is 408 g/mol. The van der Waals surface area contributed by atoms with Crippen molar-refractivity contribution in [2.24, 2.45) is 0 Å². The molecule has 0 heterocycles. The van der Waals surface area contributed by atoms with Crippen molar-refractivity contribution < 1.29 is 9.59 Å². The van der Waals surface area contributed by atoms with Crippen LogP contribution >= 0.6 is 23.4 Å². The molecule has 0 saturated carbocycles. The summed E-state index contributed by atoms with van der Waals surface area (Å²) in [6.45, 7) is 0. The molecule has 3 rings (SSSR count). The van der Waals surface area contributed by atoms with Crippen molar-refractivity contribution in [3.8, 4) is 0 Å². The van der Waals surface area contributed by atoms with Crippen LogP contribution in [0, 0.1) is 0 Å². The summed E-state index contributed by atoms with van der Waals surface area (Å²) < 4.78 is 0. The van der Waals surface area contributed by atoms with Crippen molar-refractivity contribution in [3.05, 3.63) is 101 Å². The van der Waals surface area contributed by atoms with E-state index < -0.39 is 0 Å². The van der Waals surface area contributed by atoms with Crippen LogP contribution in [0.4, 0.5) is 5.69 Å². The zero-order valence-electron chi connectivity index (χ0n) is 15.2. The number of carbonyl (C=O) groups excluding carboxylic acids is 2. The Morgan fingerprint density at radius 1 is 0.929 bits per heavy atom. The Balaban J connectivity index is 1.64. The van der Waals surface area contributed by atoms with Gasteiger partial charge in [-0.25, -0.2) is 0 Å². The Morgan fingerprint density at radius 2 is 1.61 bits per heavy atom. The highest BCUT2D eigenvalue weighted by Gasteiger charge is 2.10. The highest BCUT2D eigenvalue weighted by atomic mass is 35.5. The quantitative estimate of drug-likeness (QED) is 0.300. The maximum Gasteiger partial charge on any atom is 0.257 e. The van der Waals surface area contributed by atoms with Crippen LogP contribution in [-0.4, -0.2) is 17.9 Å². The van der Waals surface area contributed by atoms with Gasteiger partial charge in [0.1, 0.15) is 0 Å². The molecule has 0 aliphatic carbocycles. The lowest BCUT2D eigenvalue weighted by atomic mass is 10.1. The van der Waals surface area contributed by atoms with Crippen LogP contribution < -0.4 is 5.32 Å². The van der Waals surface area contributed by atoms with E-state index in [0.717, 1.165) is 5.56 Å². The molecule has 140 valence electrons. The smallest absolute Gasteiger partial charge is 0.257 e. The standard InChI is InChI=1S/C23H18ClNO2S/c1-28-19-13-6-16(7-14-19)8-15-22(26)17-9-11-18(12-10-17)25-23(27)20-4-2-3-5-21(20)24/h2-15H,1H3,(H,25,27)/b15-8+. The number of halogens is 1. The fraction of sp³-hybridized carbons (Fsp3) is 0.0435. The summed E-state index contributed by atoms with van der Waals surface area (Å²) in [5.74, 6) is -0.392. The summed E-state index contributed by atoms with van der Waals surface area (Å²) >= 11 is 7.72. The predicted octanol–water partition coefficient (Wildman–Crippen LogP) is 6.21. The number of nitrogens with one attached hydrogen (secondary N) is 1. The van der Waals surface area contributed by atoms with Crippen molar-refractivity contribution >= 4 is 46.8 Å². The number of amides is 1. The molecule has 0 bridgehead atoms. The Labute approximate surface area is 173 Å². The van der Waals surface area contributed by atoms with E-state index in [4.69, 9.17) is 11.6 Å². The lowest BCUT2D eigenvalue weighted by molar-refractivity contribution is 0.102. The van der Waals surface area contributed by atoms with Crippen molar-refractivity contribution in [2.45, 2.75) is 4.90 Å². The maximum atomic E-state index is 12.3. The molecular weight excluding hydrogens is 390 g/mol. The molecular formula is C23H18ClNO2S. The lowest BCUT2D eigenvalue weighted by Crippen LogP contribution is -2.12. The van der Waals surface area contributed by atoms with Gasteiger partial charge in [-0.1, -0.05) is 41.9 Å². The SMILES string of the molecule is CSc1ccc(/C=C/C(=O)c2ccc(NC(=O)c3ccccc3Cl)cc2)cc1. The molecule has 0 unspecified atom stereocenters. The maximum absolute atomic E-state index is 12.3. The Hall–Kier alpha value is -2.82. The minimum Gasteiger partial charge on any atom is -0.322 e. The third-order valence-electron chi connectivity index (χ3n) is 4.09. The summed E-state index contributed by atoms with van der Waals surface area (Å²) in [4.78, 5) is 25.8. The number of hydrogen-bond donors (Lipinski definition) is 1. The number of carbonyl (C=O) groups is 2. The van der Waals surface area contributed by atoms with Crippen LogP contribution in [0.2, 0.25) is 5.02 Å². The summed E-state index contributed by atoms with van der Waals surface area (Å²) in [5.41, 5.74) is 2.51. The number of thioether (sulfide) groups is 1. The van der Waals surface area contributed by atoms with Crippen molar-refractivity contribution in [1.82, 2.24) is 0 Å². The Morgan fingerprint density at radius 3 is 2.25 bits per heavy atom. The summed E-state index contributed by atoms with van der Waals surface area (Å²) in [6.07, 6.45) is 5.36. The van der Waals surface area contributed by atoms with Gasteiger partial charge in [-0.15, -0.1) is 11.8 Å². The minimum atomic E-state index is -0.293. The highest BCUT2D eigenvalue weighted by molar-refractivity contribution is 7.98. The van der Waals surface area contributed by atoms with Gasteiger partial charge in [-0.05, 0) is 66.4 Å². The van der Waals surface area contributed by atoms with E-state index in [1.54, 1.807) is 72.4 Å². The van der Waals surface area contributed by atoms with Crippen molar-refractivity contribution in [3.63, 3.8) is 0 Å². The number of anilines is 1. The fourth-order valence-corrected chi connectivity index (χ4v) is 3.17. The van der Waals surface area contributed by atoms with Gasteiger partial charge < -0.3 is 5.32 Å². The number of hydrogen-bond acceptors (Lipinski definition) is 3. The molecule has 0 saturated heterocycles. The van der Waals surface area contributed by atoms with E-state index in [2.05, 4.69) is 5.32 Å². The van der Waals surface area contributed by atoms with E-state index in [1.165, 1.54) is 4.90 Å². The molecule has 0 atom stereocenters. The molecule has 3 aromatic rings. The second-order valence-electron chi connectivity index (χ2n) is 5.98. The van der Waals surface area contributed by atoms with Crippen LogP contribution in [0.25, 0.3) is 6.08 Å². The van der Waals surface area contributed by atoms with E-state index in [0.29, 0.717) is 21.8 Å². The third kappa shape index (κ3) is 5.12. The number of ketones is 1. The van der Waals surface area contributed by atoms with Gasteiger partial charge in [-0.2, -0.15) is 0 Å². The first-order chi connectivity index (χ1) is 13.6. The molecule has 3 aromatic carbocycles. The number of benzene rings is 3. The van der Waals surface area contributed by atoms with Crippen LogP contribution in [0.5, 0.6) is 0 Å². The number of allylic oxidation sites excluding steroid dienone is 1. The third-order valence-corrected chi connectivity index (χ3v) is 5.16. The molecule has 0 aliphatic heterocycles. The van der Waals surface area contributed by atoms with Crippen LogP contribution in [0.15, 0.2) is 83.8 Å². The molecule has 28 heavy (non-hydrogen) atoms. The number of rotatable bonds is 6.